The van der Waals surface area contributed by atoms with E-state index < -0.39 is 5.91 Å². The van der Waals surface area contributed by atoms with E-state index in [4.69, 9.17) is 15.5 Å². The van der Waals surface area contributed by atoms with Gasteiger partial charge in [-0.15, -0.1) is 0 Å². The van der Waals surface area contributed by atoms with Crippen molar-refractivity contribution < 1.29 is 14.3 Å². The number of aromatic nitrogens is 2. The van der Waals surface area contributed by atoms with Gasteiger partial charge < -0.3 is 30.5 Å². The molecule has 2 unspecified atom stereocenters. The minimum Gasteiger partial charge on any atom is -0.370 e. The maximum absolute atomic E-state index is 12.1. The molecule has 1 aromatic carbocycles. The van der Waals surface area contributed by atoms with Crippen LogP contribution in [0.3, 0.4) is 0 Å². The number of benzene rings is 1. The van der Waals surface area contributed by atoms with Gasteiger partial charge in [-0.05, 0) is 51.2 Å². The normalized spacial score (nSPS) is 20.9. The van der Waals surface area contributed by atoms with Gasteiger partial charge in [-0.2, -0.15) is 0 Å². The predicted molar refractivity (Wildman–Crippen MR) is 132 cm³/mol. The van der Waals surface area contributed by atoms with E-state index in [1.807, 2.05) is 31.3 Å². The molecule has 10 nitrogen and oxygen atoms in total. The highest BCUT2D eigenvalue weighted by Crippen LogP contribution is 2.29. The number of nitrogens with zero attached hydrogens (tertiary/aromatic N) is 5. The first-order chi connectivity index (χ1) is 16.3. The van der Waals surface area contributed by atoms with Crippen molar-refractivity contribution in [2.45, 2.75) is 37.8 Å². The Bertz CT molecular complexity index is 1030. The number of likely N-dealkylation sites (N-methyl/N-ethyl adjacent to an activating group) is 2. The standard InChI is InChI=1S/C24H33N7O3/c1-29(2)18-6-4-5-7-19(18)30(3)20-14-26-22(23(25)33)24(28-20)27-16-8-10-17(11-9-16)31-12-13-34-15-21(31)32/h8-11,14,18-19H,4-7,12-13,15H2,1-3H3,(H2,25,33)(H,27,28). The molecule has 2 atom stereocenters. The predicted octanol–water partition coefficient (Wildman–Crippen LogP) is 1.99. The minimum atomic E-state index is -0.649. The third-order valence-electron chi connectivity index (χ3n) is 6.64. The first-order valence-electron chi connectivity index (χ1n) is 11.7. The van der Waals surface area contributed by atoms with Crippen LogP contribution in [0.4, 0.5) is 23.0 Å². The number of primary amides is 1. The van der Waals surface area contributed by atoms with E-state index in [-0.39, 0.29) is 18.2 Å². The van der Waals surface area contributed by atoms with Crippen molar-refractivity contribution in [2.24, 2.45) is 5.73 Å². The Labute approximate surface area is 200 Å². The number of carbonyl (C=O) groups excluding carboxylic acids is 2. The van der Waals surface area contributed by atoms with E-state index in [9.17, 15) is 9.59 Å². The van der Waals surface area contributed by atoms with Gasteiger partial charge in [0.05, 0.1) is 12.8 Å². The number of hydrogen-bond donors (Lipinski definition) is 2. The number of nitrogens with one attached hydrogen (secondary N) is 1. The lowest BCUT2D eigenvalue weighted by atomic mass is 9.88. The summed E-state index contributed by atoms with van der Waals surface area (Å²) in [5.74, 6) is 0.276. The summed E-state index contributed by atoms with van der Waals surface area (Å²) >= 11 is 0. The molecule has 3 N–H and O–H groups in total. The Morgan fingerprint density at radius 3 is 2.50 bits per heavy atom. The molecule has 1 aliphatic heterocycles. The van der Waals surface area contributed by atoms with Crippen LogP contribution in [0, 0.1) is 0 Å². The summed E-state index contributed by atoms with van der Waals surface area (Å²) in [6.07, 6.45) is 6.22. The smallest absolute Gasteiger partial charge is 0.271 e. The van der Waals surface area contributed by atoms with Gasteiger partial charge in [0.15, 0.2) is 11.5 Å². The molecule has 2 fully saturated rings. The molecule has 0 bridgehead atoms. The van der Waals surface area contributed by atoms with Crippen molar-refractivity contribution in [1.82, 2.24) is 14.9 Å². The fourth-order valence-electron chi connectivity index (χ4n) is 4.79. The molecular weight excluding hydrogens is 434 g/mol. The van der Waals surface area contributed by atoms with Crippen LogP contribution in [-0.4, -0.2) is 79.7 Å². The Balaban J connectivity index is 1.57. The first-order valence-corrected chi connectivity index (χ1v) is 11.7. The Hall–Kier alpha value is -3.24. The third-order valence-corrected chi connectivity index (χ3v) is 6.64. The van der Waals surface area contributed by atoms with Crippen molar-refractivity contribution >= 4 is 34.8 Å². The highest BCUT2D eigenvalue weighted by molar-refractivity contribution is 5.97. The second-order valence-corrected chi connectivity index (χ2v) is 9.05. The van der Waals surface area contributed by atoms with E-state index in [1.165, 1.54) is 12.8 Å². The second kappa shape index (κ2) is 10.4. The molecule has 2 heterocycles. The van der Waals surface area contributed by atoms with Gasteiger partial charge in [-0.25, -0.2) is 9.97 Å². The molecule has 1 aliphatic carbocycles. The van der Waals surface area contributed by atoms with Gasteiger partial charge in [0.2, 0.25) is 0 Å². The highest BCUT2D eigenvalue weighted by atomic mass is 16.5. The van der Waals surface area contributed by atoms with Crippen LogP contribution >= 0.6 is 0 Å². The summed E-state index contributed by atoms with van der Waals surface area (Å²) in [5, 5.41) is 3.19. The number of ether oxygens (including phenoxy) is 1. The number of carbonyl (C=O) groups is 2. The number of anilines is 4. The van der Waals surface area contributed by atoms with Crippen molar-refractivity contribution in [3.63, 3.8) is 0 Å². The number of hydrogen-bond acceptors (Lipinski definition) is 8. The van der Waals surface area contributed by atoms with Gasteiger partial charge in [0.25, 0.3) is 11.8 Å². The van der Waals surface area contributed by atoms with Crippen LogP contribution in [-0.2, 0) is 9.53 Å². The van der Waals surface area contributed by atoms with Crippen LogP contribution in [0.25, 0.3) is 0 Å². The summed E-state index contributed by atoms with van der Waals surface area (Å²) < 4.78 is 5.20. The van der Waals surface area contributed by atoms with Crippen LogP contribution < -0.4 is 20.9 Å². The first kappa shape index (κ1) is 23.9. The van der Waals surface area contributed by atoms with Crippen molar-refractivity contribution in [1.29, 1.82) is 0 Å². The zero-order valence-corrected chi connectivity index (χ0v) is 20.0. The number of nitrogens with two attached hydrogens (primary N) is 1. The summed E-state index contributed by atoms with van der Waals surface area (Å²) in [5.41, 5.74) is 7.16. The lowest BCUT2D eigenvalue weighted by Gasteiger charge is -2.41. The van der Waals surface area contributed by atoms with Gasteiger partial charge in [-0.3, -0.25) is 9.59 Å². The Morgan fingerprint density at radius 1 is 1.15 bits per heavy atom. The van der Waals surface area contributed by atoms with Crippen molar-refractivity contribution in [2.75, 3.05) is 56.0 Å². The Kier molecular flexibility index (Phi) is 7.28. The van der Waals surface area contributed by atoms with E-state index >= 15 is 0 Å². The maximum atomic E-state index is 12.1. The fraction of sp³-hybridized carbons (Fsp3) is 0.500. The molecule has 1 saturated heterocycles. The molecule has 10 heteroatoms. The molecule has 2 amide bonds. The molecule has 0 spiro atoms. The molecule has 1 aromatic heterocycles. The maximum Gasteiger partial charge on any atom is 0.271 e. The number of rotatable bonds is 7. The summed E-state index contributed by atoms with van der Waals surface area (Å²) in [7, 11) is 6.25. The highest BCUT2D eigenvalue weighted by Gasteiger charge is 2.31. The van der Waals surface area contributed by atoms with E-state index in [0.29, 0.717) is 42.6 Å². The summed E-state index contributed by atoms with van der Waals surface area (Å²) in [4.78, 5) is 39.3. The SMILES string of the molecule is CN(C)C1CCCCC1N(C)c1cnc(C(N)=O)c(Nc2ccc(N3CCOCC3=O)cc2)n1. The molecule has 1 saturated carbocycles. The van der Waals surface area contributed by atoms with Crippen molar-refractivity contribution in [3.8, 4) is 0 Å². The molecule has 2 aromatic rings. The van der Waals surface area contributed by atoms with Gasteiger partial charge in [0.1, 0.15) is 12.4 Å². The molecule has 0 radical (unpaired) electrons. The van der Waals surface area contributed by atoms with Crippen LogP contribution in [0.5, 0.6) is 0 Å². The van der Waals surface area contributed by atoms with E-state index in [0.717, 1.165) is 18.5 Å². The van der Waals surface area contributed by atoms with E-state index in [1.54, 1.807) is 11.1 Å². The lowest BCUT2D eigenvalue weighted by molar-refractivity contribution is -0.125. The molecule has 34 heavy (non-hydrogen) atoms. The fourth-order valence-corrected chi connectivity index (χ4v) is 4.79. The quantitative estimate of drug-likeness (QED) is 0.635. The average molecular weight is 468 g/mol. The molecule has 182 valence electrons. The van der Waals surface area contributed by atoms with Gasteiger partial charge in [0, 0.05) is 37.1 Å². The van der Waals surface area contributed by atoms with Crippen molar-refractivity contribution in [3.05, 3.63) is 36.2 Å². The van der Waals surface area contributed by atoms with Crippen LogP contribution in [0.2, 0.25) is 0 Å². The summed E-state index contributed by atoms with van der Waals surface area (Å²) in [6.45, 7) is 1.12. The molecule has 2 aliphatic rings. The molecule has 4 rings (SSSR count). The van der Waals surface area contributed by atoms with E-state index in [2.05, 4.69) is 34.2 Å². The second-order valence-electron chi connectivity index (χ2n) is 9.05. The van der Waals surface area contributed by atoms with Gasteiger partial charge in [-0.1, -0.05) is 12.8 Å². The monoisotopic (exact) mass is 467 g/mol. The van der Waals surface area contributed by atoms with Crippen LogP contribution in [0.1, 0.15) is 36.2 Å². The Morgan fingerprint density at radius 2 is 1.85 bits per heavy atom. The largest absolute Gasteiger partial charge is 0.370 e. The number of morpholine rings is 1. The number of amides is 2. The zero-order chi connectivity index (χ0) is 24.2. The minimum absolute atomic E-state index is 0.0664. The molecular formula is C24H33N7O3. The average Bonchev–Trinajstić information content (AvgIpc) is 2.84. The zero-order valence-electron chi connectivity index (χ0n) is 20.0. The summed E-state index contributed by atoms with van der Waals surface area (Å²) in [6, 6.07) is 8.10. The van der Waals surface area contributed by atoms with Gasteiger partial charge >= 0.3 is 0 Å². The van der Waals surface area contributed by atoms with Crippen LogP contribution in [0.15, 0.2) is 30.5 Å². The lowest BCUT2D eigenvalue weighted by Crippen LogP contribution is -2.50. The third kappa shape index (κ3) is 5.13. The topological polar surface area (TPSA) is 117 Å².